The van der Waals surface area contributed by atoms with E-state index in [-0.39, 0.29) is 0 Å². The molecule has 0 unspecified atom stereocenters. The fourth-order valence-corrected chi connectivity index (χ4v) is 9.43. The lowest BCUT2D eigenvalue weighted by atomic mass is 10.0. The van der Waals surface area contributed by atoms with Crippen LogP contribution >= 0.6 is 0 Å². The maximum Gasteiger partial charge on any atom is 0.135 e. The molecule has 58 heavy (non-hydrogen) atoms. The number of hydrogen-bond acceptors (Lipinski definition) is 2. The average Bonchev–Trinajstić information content (AvgIpc) is 4.03. The molecule has 0 aliphatic heterocycles. The minimum Gasteiger partial charge on any atom is -0.456 e. The highest BCUT2D eigenvalue weighted by Gasteiger charge is 2.18. The summed E-state index contributed by atoms with van der Waals surface area (Å²) in [4.78, 5) is 0. The van der Waals surface area contributed by atoms with Crippen molar-refractivity contribution in [2.45, 2.75) is 0 Å². The SMILES string of the molecule is c1ccc(-c2ccc3oc4ccc(-n5c6ccccc6c6cc(-c7ccc8c(c7)c7ccccc7n8-c7ccc8oc9ccccc9c8c7)ccc65)cc4c3c2)cc1. The van der Waals surface area contributed by atoms with Gasteiger partial charge in [-0.2, -0.15) is 0 Å². The van der Waals surface area contributed by atoms with Crippen LogP contribution in [0.15, 0.2) is 203 Å². The molecule has 0 amide bonds. The van der Waals surface area contributed by atoms with Crippen molar-refractivity contribution in [2.75, 3.05) is 0 Å². The fourth-order valence-electron chi connectivity index (χ4n) is 9.43. The molecule has 0 saturated heterocycles. The first-order chi connectivity index (χ1) is 28.7. The molecule has 270 valence electrons. The molecule has 0 bridgehead atoms. The molecule has 4 nitrogen and oxygen atoms in total. The number of fused-ring (bicyclic) bond motifs is 12. The standard InChI is InChI=1S/C54H32N2O2/c1-2-10-33(11-3-1)34-20-25-52-44(30-34)46-32-38(22-27-54(46)58-52)56-48-16-8-5-13-40(48)43-29-36(19-24-50(43)56)35-18-23-49-42(28-35)39-12-4-7-15-47(39)55(49)37-21-26-53-45(31-37)41-14-6-9-17-51(41)57-53/h1-32H. The molecule has 0 aliphatic carbocycles. The molecule has 9 aromatic carbocycles. The second kappa shape index (κ2) is 11.8. The van der Waals surface area contributed by atoms with Crippen LogP contribution in [0.5, 0.6) is 0 Å². The van der Waals surface area contributed by atoms with Crippen LogP contribution in [0.1, 0.15) is 0 Å². The first-order valence-corrected chi connectivity index (χ1v) is 19.7. The lowest BCUT2D eigenvalue weighted by molar-refractivity contribution is 0.668. The Morgan fingerprint density at radius 2 is 0.638 bits per heavy atom. The van der Waals surface area contributed by atoms with E-state index in [0.29, 0.717) is 0 Å². The highest BCUT2D eigenvalue weighted by Crippen LogP contribution is 2.41. The Balaban J connectivity index is 0.957. The van der Waals surface area contributed by atoms with Crippen LogP contribution in [-0.2, 0) is 0 Å². The van der Waals surface area contributed by atoms with Gasteiger partial charge >= 0.3 is 0 Å². The highest BCUT2D eigenvalue weighted by molar-refractivity contribution is 6.14. The van der Waals surface area contributed by atoms with E-state index < -0.39 is 0 Å². The van der Waals surface area contributed by atoms with E-state index in [0.717, 1.165) is 55.3 Å². The van der Waals surface area contributed by atoms with E-state index in [4.69, 9.17) is 8.83 Å². The highest BCUT2D eigenvalue weighted by atomic mass is 16.3. The van der Waals surface area contributed by atoms with Crippen LogP contribution in [0.3, 0.4) is 0 Å². The largest absolute Gasteiger partial charge is 0.456 e. The van der Waals surface area contributed by atoms with Crippen LogP contribution in [0.4, 0.5) is 0 Å². The molecule has 13 aromatic rings. The zero-order valence-corrected chi connectivity index (χ0v) is 31.2. The molecule has 4 heterocycles. The fraction of sp³-hybridized carbons (Fsp3) is 0. The quantitative estimate of drug-likeness (QED) is 0.180. The van der Waals surface area contributed by atoms with Crippen molar-refractivity contribution < 1.29 is 8.83 Å². The van der Waals surface area contributed by atoms with Gasteiger partial charge in [0.25, 0.3) is 0 Å². The van der Waals surface area contributed by atoms with E-state index >= 15 is 0 Å². The normalized spacial score (nSPS) is 12.1. The smallest absolute Gasteiger partial charge is 0.135 e. The van der Waals surface area contributed by atoms with E-state index in [1.807, 2.05) is 12.1 Å². The molecule has 0 saturated carbocycles. The predicted molar refractivity (Wildman–Crippen MR) is 241 cm³/mol. The molecule has 0 fully saturated rings. The maximum atomic E-state index is 6.35. The number of benzene rings is 9. The summed E-state index contributed by atoms with van der Waals surface area (Å²) in [5.74, 6) is 0. The lowest BCUT2D eigenvalue weighted by Crippen LogP contribution is -1.93. The molecule has 4 heteroatoms. The maximum absolute atomic E-state index is 6.35. The second-order valence-electron chi connectivity index (χ2n) is 15.3. The van der Waals surface area contributed by atoms with E-state index in [1.54, 1.807) is 0 Å². The van der Waals surface area contributed by atoms with E-state index in [2.05, 4.69) is 191 Å². The summed E-state index contributed by atoms with van der Waals surface area (Å²) < 4.78 is 17.3. The van der Waals surface area contributed by atoms with Crippen molar-refractivity contribution >= 4 is 87.5 Å². The molecule has 0 spiro atoms. The van der Waals surface area contributed by atoms with Gasteiger partial charge in [0, 0.05) is 54.5 Å². The van der Waals surface area contributed by atoms with Crippen LogP contribution in [0.25, 0.3) is 121 Å². The van der Waals surface area contributed by atoms with Crippen LogP contribution in [0.2, 0.25) is 0 Å². The van der Waals surface area contributed by atoms with E-state index in [9.17, 15) is 0 Å². The third-order valence-corrected chi connectivity index (χ3v) is 12.1. The molecule has 4 aromatic heterocycles. The van der Waals surface area contributed by atoms with Crippen LogP contribution in [0, 0.1) is 0 Å². The van der Waals surface area contributed by atoms with Gasteiger partial charge in [0.05, 0.1) is 22.1 Å². The third kappa shape index (κ3) is 4.51. The Morgan fingerprint density at radius 3 is 1.24 bits per heavy atom. The van der Waals surface area contributed by atoms with Gasteiger partial charge in [-0.3, -0.25) is 0 Å². The summed E-state index contributed by atoms with van der Waals surface area (Å²) in [6.07, 6.45) is 0. The van der Waals surface area contributed by atoms with Gasteiger partial charge in [-0.15, -0.1) is 0 Å². The third-order valence-electron chi connectivity index (χ3n) is 12.1. The number of aromatic nitrogens is 2. The number of rotatable bonds is 4. The topological polar surface area (TPSA) is 36.1 Å². The molecule has 0 atom stereocenters. The first-order valence-electron chi connectivity index (χ1n) is 19.7. The van der Waals surface area contributed by atoms with Crippen molar-refractivity contribution in [3.63, 3.8) is 0 Å². The summed E-state index contributed by atoms with van der Waals surface area (Å²) in [6.45, 7) is 0. The summed E-state index contributed by atoms with van der Waals surface area (Å²) in [6, 6.07) is 69.7. The Labute approximate surface area is 332 Å². The predicted octanol–water partition coefficient (Wildman–Crippen LogP) is 15.0. The van der Waals surface area contributed by atoms with Crippen molar-refractivity contribution in [1.82, 2.24) is 9.13 Å². The van der Waals surface area contributed by atoms with E-state index in [1.165, 1.54) is 65.9 Å². The van der Waals surface area contributed by atoms with Crippen LogP contribution < -0.4 is 0 Å². The zero-order chi connectivity index (χ0) is 37.9. The van der Waals surface area contributed by atoms with Crippen molar-refractivity contribution in [1.29, 1.82) is 0 Å². The molecule has 0 aliphatic rings. The number of hydrogen-bond donors (Lipinski definition) is 0. The summed E-state index contributed by atoms with van der Waals surface area (Å²) in [7, 11) is 0. The average molecular weight is 741 g/mol. The molecule has 0 N–H and O–H groups in total. The first kappa shape index (κ1) is 31.4. The molecule has 13 rings (SSSR count). The minimum atomic E-state index is 0.888. The number of nitrogens with zero attached hydrogens (tertiary/aromatic N) is 2. The molecular weight excluding hydrogens is 709 g/mol. The molecular formula is C54H32N2O2. The van der Waals surface area contributed by atoms with Crippen LogP contribution in [-0.4, -0.2) is 9.13 Å². The van der Waals surface area contributed by atoms with Gasteiger partial charge in [-0.05, 0) is 113 Å². The monoisotopic (exact) mass is 740 g/mol. The number of para-hydroxylation sites is 3. The van der Waals surface area contributed by atoms with Gasteiger partial charge in [0.2, 0.25) is 0 Å². The lowest BCUT2D eigenvalue weighted by Gasteiger charge is -2.10. The summed E-state index contributed by atoms with van der Waals surface area (Å²) in [5.41, 5.74) is 15.3. The van der Waals surface area contributed by atoms with Gasteiger partial charge < -0.3 is 18.0 Å². The van der Waals surface area contributed by atoms with Gasteiger partial charge in [-0.1, -0.05) is 103 Å². The summed E-state index contributed by atoms with van der Waals surface area (Å²) in [5, 5.41) is 9.39. The zero-order valence-electron chi connectivity index (χ0n) is 31.2. The number of furan rings is 2. The Hall–Kier alpha value is -7.82. The Kier molecular flexibility index (Phi) is 6.41. The van der Waals surface area contributed by atoms with Crippen molar-refractivity contribution in [3.8, 4) is 33.6 Å². The summed E-state index contributed by atoms with van der Waals surface area (Å²) >= 11 is 0. The van der Waals surface area contributed by atoms with Crippen molar-refractivity contribution in [2.24, 2.45) is 0 Å². The minimum absolute atomic E-state index is 0.888. The van der Waals surface area contributed by atoms with Crippen molar-refractivity contribution in [3.05, 3.63) is 194 Å². The van der Waals surface area contributed by atoms with Gasteiger partial charge in [0.1, 0.15) is 22.3 Å². The second-order valence-corrected chi connectivity index (χ2v) is 15.3. The Morgan fingerprint density at radius 1 is 0.241 bits per heavy atom. The van der Waals surface area contributed by atoms with Gasteiger partial charge in [0.15, 0.2) is 0 Å². The van der Waals surface area contributed by atoms with Gasteiger partial charge in [-0.25, -0.2) is 0 Å². The Bertz CT molecular complexity index is 3800. The molecule has 0 radical (unpaired) electrons.